The molecule has 9 heteroatoms. The van der Waals surface area contributed by atoms with Crippen LogP contribution in [0.1, 0.15) is 34.1 Å². The van der Waals surface area contributed by atoms with Gasteiger partial charge in [-0.25, -0.2) is 14.4 Å². The van der Waals surface area contributed by atoms with Crippen LogP contribution in [0.15, 0.2) is 66.4 Å². The predicted molar refractivity (Wildman–Crippen MR) is 140 cm³/mol. The molecule has 0 saturated carbocycles. The largest absolute Gasteiger partial charge is 0.505 e. The molecule has 37 heavy (non-hydrogen) atoms. The average molecular weight is 513 g/mol. The van der Waals surface area contributed by atoms with Crippen LogP contribution in [0.2, 0.25) is 0 Å². The van der Waals surface area contributed by atoms with Crippen LogP contribution in [0.25, 0.3) is 21.6 Å². The molecule has 6 rings (SSSR count). The number of rotatable bonds is 3. The maximum Gasteiger partial charge on any atom is 0.301 e. The molecule has 4 heterocycles. The van der Waals surface area contributed by atoms with Crippen LogP contribution in [0.5, 0.6) is 0 Å². The molecule has 1 aliphatic heterocycles. The van der Waals surface area contributed by atoms with Crippen molar-refractivity contribution >= 4 is 49.8 Å². The van der Waals surface area contributed by atoms with Gasteiger partial charge in [-0.2, -0.15) is 0 Å². The Hall–Kier alpha value is -4.37. The highest BCUT2D eigenvalue weighted by molar-refractivity contribution is 7.22. The quantitative estimate of drug-likeness (QED) is 0.192. The number of anilines is 1. The van der Waals surface area contributed by atoms with Crippen molar-refractivity contribution in [3.8, 4) is 0 Å². The SMILES string of the molecule is Cc1ccc2nc(N3C(=O)C(=O)C(=C(O)c4nc5c(C)cccn5c4C)C3c3ccc(F)cc3)sc2c1. The summed E-state index contributed by atoms with van der Waals surface area (Å²) in [4.78, 5) is 37.4. The van der Waals surface area contributed by atoms with Gasteiger partial charge in [-0.3, -0.25) is 14.5 Å². The Morgan fingerprint density at radius 3 is 2.51 bits per heavy atom. The molecular formula is C28H21FN4O3S. The second kappa shape index (κ2) is 8.35. The number of hydrogen-bond donors (Lipinski definition) is 1. The summed E-state index contributed by atoms with van der Waals surface area (Å²) >= 11 is 1.28. The van der Waals surface area contributed by atoms with Gasteiger partial charge in [0.25, 0.3) is 5.78 Å². The number of aryl methyl sites for hydroxylation is 3. The van der Waals surface area contributed by atoms with E-state index in [1.54, 1.807) is 6.92 Å². The van der Waals surface area contributed by atoms with Gasteiger partial charge in [-0.05, 0) is 67.8 Å². The number of aromatic nitrogens is 3. The minimum atomic E-state index is -1.01. The smallest absolute Gasteiger partial charge is 0.301 e. The second-order valence-corrected chi connectivity index (χ2v) is 10.1. The molecule has 0 spiro atoms. The van der Waals surface area contributed by atoms with Gasteiger partial charge >= 0.3 is 5.91 Å². The van der Waals surface area contributed by atoms with Gasteiger partial charge in [0.1, 0.15) is 17.2 Å². The van der Waals surface area contributed by atoms with Gasteiger partial charge in [0.2, 0.25) is 0 Å². The fourth-order valence-electron chi connectivity index (χ4n) is 4.79. The van der Waals surface area contributed by atoms with E-state index in [2.05, 4.69) is 9.97 Å². The van der Waals surface area contributed by atoms with Crippen LogP contribution in [-0.2, 0) is 9.59 Å². The number of thiazole rings is 1. The molecule has 5 aromatic rings. The predicted octanol–water partition coefficient (Wildman–Crippen LogP) is 5.63. The molecule has 1 unspecified atom stereocenters. The summed E-state index contributed by atoms with van der Waals surface area (Å²) in [5.74, 6) is -2.50. The molecular weight excluding hydrogens is 491 g/mol. The van der Waals surface area contributed by atoms with E-state index >= 15 is 0 Å². The number of benzene rings is 2. The molecule has 3 aromatic heterocycles. The first-order valence-corrected chi connectivity index (χ1v) is 12.4. The third kappa shape index (κ3) is 3.54. The summed E-state index contributed by atoms with van der Waals surface area (Å²) in [6.07, 6.45) is 1.82. The maximum absolute atomic E-state index is 13.8. The first kappa shape index (κ1) is 23.1. The van der Waals surface area contributed by atoms with Crippen molar-refractivity contribution in [3.63, 3.8) is 0 Å². The third-order valence-corrected chi connectivity index (χ3v) is 7.69. The van der Waals surface area contributed by atoms with Crippen molar-refractivity contribution in [1.29, 1.82) is 0 Å². The molecule has 0 radical (unpaired) electrons. The lowest BCUT2D eigenvalue weighted by atomic mass is 9.96. The monoisotopic (exact) mass is 512 g/mol. The average Bonchev–Trinajstić information content (AvgIpc) is 3.52. The van der Waals surface area contributed by atoms with Gasteiger partial charge in [0.05, 0.1) is 27.5 Å². The number of nitrogens with zero attached hydrogens (tertiary/aromatic N) is 4. The number of amides is 1. The molecule has 2 aromatic carbocycles. The van der Waals surface area contributed by atoms with Gasteiger partial charge in [-0.15, -0.1) is 0 Å². The number of aliphatic hydroxyl groups is 1. The Balaban J connectivity index is 1.60. The Kier molecular flexibility index (Phi) is 5.20. The van der Waals surface area contributed by atoms with E-state index in [0.717, 1.165) is 15.8 Å². The Morgan fingerprint density at radius 1 is 1.03 bits per heavy atom. The minimum absolute atomic E-state index is 0.115. The van der Waals surface area contributed by atoms with E-state index in [1.165, 1.54) is 40.5 Å². The summed E-state index contributed by atoms with van der Waals surface area (Å²) < 4.78 is 16.5. The van der Waals surface area contributed by atoms with E-state index in [1.807, 2.05) is 54.8 Å². The Morgan fingerprint density at radius 2 is 1.78 bits per heavy atom. The summed E-state index contributed by atoms with van der Waals surface area (Å²) in [7, 11) is 0. The van der Waals surface area contributed by atoms with Crippen molar-refractivity contribution in [2.75, 3.05) is 4.90 Å². The lowest BCUT2D eigenvalue weighted by Crippen LogP contribution is -2.29. The summed E-state index contributed by atoms with van der Waals surface area (Å²) in [5, 5.41) is 11.8. The highest BCUT2D eigenvalue weighted by Crippen LogP contribution is 2.44. The first-order valence-electron chi connectivity index (χ1n) is 11.6. The van der Waals surface area contributed by atoms with Crippen molar-refractivity contribution < 1.29 is 19.1 Å². The molecule has 1 amide bonds. The number of imidazole rings is 1. The van der Waals surface area contributed by atoms with Crippen LogP contribution in [0.4, 0.5) is 9.52 Å². The molecule has 7 nitrogen and oxygen atoms in total. The normalized spacial score (nSPS) is 17.4. The number of pyridine rings is 1. The Bertz CT molecular complexity index is 1780. The molecule has 1 saturated heterocycles. The van der Waals surface area contributed by atoms with E-state index in [-0.39, 0.29) is 17.0 Å². The van der Waals surface area contributed by atoms with Gasteiger partial charge in [0, 0.05) is 6.20 Å². The van der Waals surface area contributed by atoms with Crippen molar-refractivity contribution in [1.82, 2.24) is 14.4 Å². The molecule has 1 aliphatic rings. The van der Waals surface area contributed by atoms with Crippen LogP contribution in [-0.4, -0.2) is 31.2 Å². The first-order chi connectivity index (χ1) is 17.7. The van der Waals surface area contributed by atoms with E-state index < -0.39 is 23.5 Å². The van der Waals surface area contributed by atoms with E-state index in [0.29, 0.717) is 27.6 Å². The topological polar surface area (TPSA) is 87.8 Å². The number of halogens is 1. The summed E-state index contributed by atoms with van der Waals surface area (Å²) in [6, 6.07) is 14.0. The summed E-state index contributed by atoms with van der Waals surface area (Å²) in [6.45, 7) is 5.65. The van der Waals surface area contributed by atoms with Crippen LogP contribution < -0.4 is 4.90 Å². The fourth-order valence-corrected chi connectivity index (χ4v) is 5.88. The van der Waals surface area contributed by atoms with Gasteiger partial charge in [0.15, 0.2) is 10.9 Å². The lowest BCUT2D eigenvalue weighted by molar-refractivity contribution is -0.132. The molecule has 0 bridgehead atoms. The maximum atomic E-state index is 13.8. The van der Waals surface area contributed by atoms with E-state index in [4.69, 9.17) is 0 Å². The van der Waals surface area contributed by atoms with Gasteiger partial charge < -0.3 is 9.51 Å². The van der Waals surface area contributed by atoms with E-state index in [9.17, 15) is 19.1 Å². The van der Waals surface area contributed by atoms with Crippen molar-refractivity contribution in [2.45, 2.75) is 26.8 Å². The van der Waals surface area contributed by atoms with Crippen molar-refractivity contribution in [2.24, 2.45) is 0 Å². The Labute approximate surface area is 215 Å². The number of ketones is 1. The zero-order chi connectivity index (χ0) is 26.0. The molecule has 1 N–H and O–H groups in total. The number of fused-ring (bicyclic) bond motifs is 2. The van der Waals surface area contributed by atoms with Gasteiger partial charge in [-0.1, -0.05) is 35.6 Å². The van der Waals surface area contributed by atoms with Crippen LogP contribution in [0.3, 0.4) is 0 Å². The lowest BCUT2D eigenvalue weighted by Gasteiger charge is -2.22. The zero-order valence-corrected chi connectivity index (χ0v) is 21.0. The van der Waals surface area contributed by atoms with Crippen LogP contribution >= 0.6 is 11.3 Å². The number of Topliss-reactive ketones (excluding diaryl/α,β-unsaturated/α-hetero) is 1. The van der Waals surface area contributed by atoms with Crippen LogP contribution in [0, 0.1) is 26.6 Å². The molecule has 1 fully saturated rings. The highest BCUT2D eigenvalue weighted by Gasteiger charge is 2.48. The zero-order valence-electron chi connectivity index (χ0n) is 20.2. The van der Waals surface area contributed by atoms with Crippen molar-refractivity contribution in [3.05, 3.63) is 100 Å². The third-order valence-electron chi connectivity index (χ3n) is 6.68. The molecule has 0 aliphatic carbocycles. The number of carbonyl (C=O) groups excluding carboxylic acids is 2. The fraction of sp³-hybridized carbons (Fsp3) is 0.143. The standard InChI is InChI=1S/C28H21FN4O3S/c1-14-6-11-19-20(13-14)37-28(30-19)33-23(17-7-9-18(29)10-8-17)21(25(35)27(33)36)24(34)22-16(3)32-12-4-5-15(2)26(32)31-22/h4-13,23,34H,1-3H3. The number of aliphatic hydroxyl groups excluding tert-OH is 1. The summed E-state index contributed by atoms with van der Waals surface area (Å²) in [5.41, 5.74) is 4.44. The second-order valence-electron chi connectivity index (χ2n) is 9.12. The minimum Gasteiger partial charge on any atom is -0.505 e. The number of hydrogen-bond acceptors (Lipinski definition) is 6. The molecule has 184 valence electrons. The molecule has 1 atom stereocenters. The highest BCUT2D eigenvalue weighted by atomic mass is 32.1. The number of carbonyl (C=O) groups is 2.